The number of benzene rings is 3. The Morgan fingerprint density at radius 1 is 0.810 bits per heavy atom. The minimum atomic E-state index is -1.46. The van der Waals surface area contributed by atoms with Crippen LogP contribution < -0.4 is 14.8 Å². The first-order chi connectivity index (χ1) is 20.3. The van der Waals surface area contributed by atoms with Gasteiger partial charge in [-0.2, -0.15) is 10.1 Å². The molecule has 0 bridgehead atoms. The van der Waals surface area contributed by atoms with Crippen LogP contribution in [0.25, 0.3) is 5.57 Å². The highest BCUT2D eigenvalue weighted by Gasteiger charge is 2.46. The third-order valence-corrected chi connectivity index (χ3v) is 8.44. The number of allylic oxidation sites excluding steroid dienone is 2. The third kappa shape index (κ3) is 3.92. The van der Waals surface area contributed by atoms with Crippen molar-refractivity contribution in [3.8, 4) is 0 Å². The van der Waals surface area contributed by atoms with Crippen molar-refractivity contribution >= 4 is 51.7 Å². The molecule has 0 saturated heterocycles. The Hall–Kier alpha value is -5.18. The number of carbonyl (C=O) groups excluding carboxylic acids is 2. The lowest BCUT2D eigenvalue weighted by molar-refractivity contribution is -0.129. The van der Waals surface area contributed by atoms with E-state index in [2.05, 4.69) is 40.1 Å². The molecule has 42 heavy (non-hydrogen) atoms. The number of rotatable bonds is 4. The van der Waals surface area contributed by atoms with Crippen molar-refractivity contribution in [2.45, 2.75) is 25.7 Å². The van der Waals surface area contributed by atoms with Gasteiger partial charge in [-0.15, -0.1) is 0 Å². The van der Waals surface area contributed by atoms with E-state index in [0.29, 0.717) is 11.3 Å². The molecule has 9 heteroatoms. The van der Waals surface area contributed by atoms with E-state index >= 15 is 0 Å². The summed E-state index contributed by atoms with van der Waals surface area (Å²) < 4.78 is 0. The normalized spacial score (nSPS) is 19.9. The molecular weight excluding hydrogens is 532 g/mol. The average Bonchev–Trinajstić information content (AvgIpc) is 3.33. The molecule has 210 valence electrons. The molecule has 0 aromatic heterocycles. The van der Waals surface area contributed by atoms with Crippen molar-refractivity contribution in [3.63, 3.8) is 0 Å². The summed E-state index contributed by atoms with van der Waals surface area (Å²) in [6.07, 6.45) is 3.95. The van der Waals surface area contributed by atoms with Gasteiger partial charge in [0, 0.05) is 37.2 Å². The van der Waals surface area contributed by atoms with Crippen molar-refractivity contribution in [3.05, 3.63) is 100 Å². The number of hydrogen-bond acceptors (Lipinski definition) is 7. The molecule has 3 aromatic rings. The van der Waals surface area contributed by atoms with Crippen molar-refractivity contribution in [2.75, 3.05) is 34.9 Å². The largest absolute Gasteiger partial charge is 0.506 e. The van der Waals surface area contributed by atoms with Crippen LogP contribution in [0, 0.1) is 0 Å². The third-order valence-electron chi connectivity index (χ3n) is 8.44. The zero-order chi connectivity index (χ0) is 29.1. The second-order valence-electron chi connectivity index (χ2n) is 10.9. The molecule has 0 spiro atoms. The maximum absolute atomic E-state index is 13.4. The molecule has 1 amide bonds. The monoisotopic (exact) mass is 560 g/mol. The Morgan fingerprint density at radius 3 is 2.26 bits per heavy atom. The van der Waals surface area contributed by atoms with Gasteiger partial charge in [0.05, 0.1) is 22.4 Å². The molecule has 7 rings (SSSR count). The number of carboxylic acid groups (broad SMARTS) is 1. The van der Waals surface area contributed by atoms with Gasteiger partial charge in [0.25, 0.3) is 5.91 Å². The van der Waals surface area contributed by atoms with Crippen molar-refractivity contribution in [2.24, 2.45) is 5.10 Å². The molecule has 2 N–H and O–H groups in total. The summed E-state index contributed by atoms with van der Waals surface area (Å²) in [7, 11) is 2.12. The number of ketones is 1. The Balaban J connectivity index is 1.23. The predicted octanol–water partition coefficient (Wildman–Crippen LogP) is 4.79. The summed E-state index contributed by atoms with van der Waals surface area (Å²) in [5, 5.41) is 25.7. The molecular formula is C33H28N4O5. The van der Waals surface area contributed by atoms with Gasteiger partial charge in [0.2, 0.25) is 5.78 Å². The number of aliphatic hydroxyl groups excluding tert-OH is 1. The fraction of sp³-hybridized carbons (Fsp3) is 0.212. The van der Waals surface area contributed by atoms with Crippen molar-refractivity contribution in [1.82, 2.24) is 0 Å². The minimum Gasteiger partial charge on any atom is -0.506 e. The number of carboxylic acids is 1. The fourth-order valence-electron chi connectivity index (χ4n) is 6.38. The lowest BCUT2D eigenvalue weighted by Gasteiger charge is -2.34. The molecule has 0 atom stereocenters. The molecule has 3 aromatic carbocycles. The number of fused-ring (bicyclic) bond motifs is 2. The average molecular weight is 561 g/mol. The minimum absolute atomic E-state index is 0.0740. The molecule has 0 unspecified atom stereocenters. The van der Waals surface area contributed by atoms with Gasteiger partial charge >= 0.3 is 5.97 Å². The molecule has 0 radical (unpaired) electrons. The number of aryl methyl sites for hydroxylation is 2. The SMILES string of the molecule is CN1CCCc2cc(N3CCCc4cc(C5=C(O)/C(=C6\C(=O)N(c7ccccc7)N=C6C(=O)O)C5=O)ccc43)ccc21. The highest BCUT2D eigenvalue weighted by Crippen LogP contribution is 2.43. The molecule has 3 aliphatic heterocycles. The maximum Gasteiger partial charge on any atom is 0.357 e. The Bertz CT molecular complexity index is 1790. The highest BCUT2D eigenvalue weighted by molar-refractivity contribution is 6.56. The molecule has 9 nitrogen and oxygen atoms in total. The second kappa shape index (κ2) is 9.73. The molecule has 0 fully saturated rings. The van der Waals surface area contributed by atoms with Crippen molar-refractivity contribution in [1.29, 1.82) is 0 Å². The van der Waals surface area contributed by atoms with E-state index in [1.165, 1.54) is 11.3 Å². The number of amides is 1. The van der Waals surface area contributed by atoms with Crippen LogP contribution in [-0.2, 0) is 27.2 Å². The number of Topliss-reactive ketones (excluding diaryl/α,β-unsaturated/α-hetero) is 1. The lowest BCUT2D eigenvalue weighted by atomic mass is 9.79. The van der Waals surface area contributed by atoms with Gasteiger partial charge in [-0.3, -0.25) is 9.59 Å². The zero-order valence-electron chi connectivity index (χ0n) is 23.0. The van der Waals surface area contributed by atoms with E-state index in [-0.39, 0.29) is 11.1 Å². The van der Waals surface area contributed by atoms with E-state index < -0.39 is 34.7 Å². The van der Waals surface area contributed by atoms with Gasteiger partial charge in [-0.1, -0.05) is 24.3 Å². The van der Waals surface area contributed by atoms with Gasteiger partial charge in [0.15, 0.2) is 5.71 Å². The number of carbonyl (C=O) groups is 3. The lowest BCUT2D eigenvalue weighted by Crippen LogP contribution is -2.31. The van der Waals surface area contributed by atoms with E-state index in [1.54, 1.807) is 36.4 Å². The summed E-state index contributed by atoms with van der Waals surface area (Å²) in [5.74, 6) is -3.20. The Kier molecular flexibility index (Phi) is 5.97. The highest BCUT2D eigenvalue weighted by atomic mass is 16.4. The number of nitrogens with zero attached hydrogens (tertiary/aromatic N) is 4. The summed E-state index contributed by atoms with van der Waals surface area (Å²) in [6.45, 7) is 1.94. The number of aliphatic hydroxyl groups is 1. The van der Waals surface area contributed by atoms with Gasteiger partial charge < -0.3 is 20.0 Å². The quantitative estimate of drug-likeness (QED) is 0.441. The van der Waals surface area contributed by atoms with Crippen LogP contribution in [0.15, 0.2) is 88.7 Å². The van der Waals surface area contributed by atoms with Crippen LogP contribution in [0.5, 0.6) is 0 Å². The predicted molar refractivity (Wildman–Crippen MR) is 160 cm³/mol. The van der Waals surface area contributed by atoms with E-state index in [0.717, 1.165) is 60.7 Å². The molecule has 1 aliphatic carbocycles. The summed E-state index contributed by atoms with van der Waals surface area (Å²) in [5.41, 5.74) is 5.55. The van der Waals surface area contributed by atoms with Crippen LogP contribution in [0.2, 0.25) is 0 Å². The van der Waals surface area contributed by atoms with Gasteiger partial charge in [0.1, 0.15) is 5.76 Å². The molecule has 4 aliphatic rings. The first-order valence-corrected chi connectivity index (χ1v) is 14.0. The van der Waals surface area contributed by atoms with E-state index in [1.807, 2.05) is 12.1 Å². The zero-order valence-corrected chi connectivity index (χ0v) is 23.0. The molecule has 3 heterocycles. The Labute approximate surface area is 242 Å². The van der Waals surface area contributed by atoms with E-state index in [9.17, 15) is 24.6 Å². The van der Waals surface area contributed by atoms with Crippen LogP contribution in [-0.4, -0.2) is 53.7 Å². The number of aliphatic carboxylic acids is 1. The van der Waals surface area contributed by atoms with Gasteiger partial charge in [-0.05, 0) is 84.8 Å². The maximum atomic E-state index is 13.4. The molecule has 0 saturated carbocycles. The number of hydrazone groups is 1. The number of para-hydroxylation sites is 1. The van der Waals surface area contributed by atoms with Crippen LogP contribution in [0.1, 0.15) is 29.5 Å². The summed E-state index contributed by atoms with van der Waals surface area (Å²) in [6, 6.07) is 20.7. The second-order valence-corrected chi connectivity index (χ2v) is 10.9. The number of hydrogen-bond donors (Lipinski definition) is 2. The fourth-order valence-corrected chi connectivity index (χ4v) is 6.38. The smallest absolute Gasteiger partial charge is 0.357 e. The summed E-state index contributed by atoms with van der Waals surface area (Å²) in [4.78, 5) is 43.3. The number of anilines is 4. The Morgan fingerprint density at radius 2 is 1.52 bits per heavy atom. The van der Waals surface area contributed by atoms with Crippen molar-refractivity contribution < 1.29 is 24.6 Å². The van der Waals surface area contributed by atoms with Crippen LogP contribution in [0.4, 0.5) is 22.7 Å². The van der Waals surface area contributed by atoms with Crippen LogP contribution in [0.3, 0.4) is 0 Å². The standard InChI is InChI=1S/C33H28N4O5/c1-35-15-5-7-20-18-23(12-14-24(20)35)36-16-6-8-19-17-21(11-13-25(19)36)26-30(38)28(31(26)39)27-29(33(41)42)34-37(32(27)40)22-9-3-2-4-10-22/h2-4,9-14,17-18,38H,5-8,15-16H2,1H3,(H,41,42)/b28-27+. The first-order valence-electron chi connectivity index (χ1n) is 14.0. The summed E-state index contributed by atoms with van der Waals surface area (Å²) >= 11 is 0. The van der Waals surface area contributed by atoms with E-state index in [4.69, 9.17) is 0 Å². The van der Waals surface area contributed by atoms with Crippen LogP contribution >= 0.6 is 0 Å². The topological polar surface area (TPSA) is 114 Å². The first kappa shape index (κ1) is 25.8. The van der Waals surface area contributed by atoms with Gasteiger partial charge in [-0.25, -0.2) is 4.79 Å².